The first-order valence-electron chi connectivity index (χ1n) is 6.99. The molecular formula is C14H22N4O2. The van der Waals surface area contributed by atoms with Crippen LogP contribution in [-0.4, -0.2) is 34.3 Å². The number of nitrogens with two attached hydrogens (primary N) is 1. The Morgan fingerprint density at radius 2 is 2.25 bits per heavy atom. The molecule has 5 N–H and O–H groups in total. The SMILES string of the molecule is NC(=NO)c1cc(CNCC2CCCC2CO)ccn1. The average Bonchev–Trinajstić information content (AvgIpc) is 2.94. The lowest BCUT2D eigenvalue weighted by molar-refractivity contribution is 0.192. The summed E-state index contributed by atoms with van der Waals surface area (Å²) in [7, 11) is 0. The second-order valence-electron chi connectivity index (χ2n) is 5.30. The van der Waals surface area contributed by atoms with Gasteiger partial charge in [0.1, 0.15) is 5.69 Å². The van der Waals surface area contributed by atoms with Crippen LogP contribution in [0.5, 0.6) is 0 Å². The highest BCUT2D eigenvalue weighted by atomic mass is 16.4. The van der Waals surface area contributed by atoms with Gasteiger partial charge in [-0.15, -0.1) is 0 Å². The van der Waals surface area contributed by atoms with Crippen molar-refractivity contribution in [3.05, 3.63) is 29.6 Å². The zero-order valence-electron chi connectivity index (χ0n) is 11.5. The van der Waals surface area contributed by atoms with Crippen molar-refractivity contribution >= 4 is 5.84 Å². The first kappa shape index (κ1) is 14.7. The van der Waals surface area contributed by atoms with Crippen LogP contribution in [0.15, 0.2) is 23.5 Å². The van der Waals surface area contributed by atoms with E-state index in [1.807, 2.05) is 6.07 Å². The molecule has 0 saturated heterocycles. The molecule has 1 aromatic heterocycles. The number of hydrogen-bond donors (Lipinski definition) is 4. The van der Waals surface area contributed by atoms with E-state index in [0.717, 1.165) is 18.5 Å². The third-order valence-corrected chi connectivity index (χ3v) is 3.98. The van der Waals surface area contributed by atoms with Crippen LogP contribution in [0.3, 0.4) is 0 Å². The van der Waals surface area contributed by atoms with Gasteiger partial charge in [0.25, 0.3) is 0 Å². The summed E-state index contributed by atoms with van der Waals surface area (Å²) in [5.41, 5.74) is 7.03. The number of amidine groups is 1. The van der Waals surface area contributed by atoms with E-state index in [2.05, 4.69) is 15.5 Å². The smallest absolute Gasteiger partial charge is 0.188 e. The number of nitrogens with one attached hydrogen (secondary N) is 1. The maximum Gasteiger partial charge on any atom is 0.188 e. The lowest BCUT2D eigenvalue weighted by Crippen LogP contribution is -2.26. The van der Waals surface area contributed by atoms with Crippen LogP contribution in [0.4, 0.5) is 0 Å². The van der Waals surface area contributed by atoms with Gasteiger partial charge in [-0.2, -0.15) is 0 Å². The highest BCUT2D eigenvalue weighted by molar-refractivity contribution is 5.95. The molecule has 0 spiro atoms. The third kappa shape index (κ3) is 3.68. The Balaban J connectivity index is 1.85. The number of aliphatic hydroxyl groups is 1. The van der Waals surface area contributed by atoms with Crippen LogP contribution in [0, 0.1) is 11.8 Å². The van der Waals surface area contributed by atoms with Crippen LogP contribution in [-0.2, 0) is 6.54 Å². The molecule has 1 aliphatic rings. The zero-order chi connectivity index (χ0) is 14.4. The van der Waals surface area contributed by atoms with Crippen LogP contribution in [0.2, 0.25) is 0 Å². The van der Waals surface area contributed by atoms with E-state index in [1.54, 1.807) is 12.3 Å². The Morgan fingerprint density at radius 1 is 1.45 bits per heavy atom. The van der Waals surface area contributed by atoms with E-state index >= 15 is 0 Å². The second-order valence-corrected chi connectivity index (χ2v) is 5.30. The highest BCUT2D eigenvalue weighted by Crippen LogP contribution is 2.30. The Morgan fingerprint density at radius 3 is 3.00 bits per heavy atom. The predicted molar refractivity (Wildman–Crippen MR) is 76.4 cm³/mol. The van der Waals surface area contributed by atoms with Gasteiger partial charge >= 0.3 is 0 Å². The van der Waals surface area contributed by atoms with E-state index < -0.39 is 0 Å². The standard InChI is InChI=1S/C14H22N4O2/c15-14(18-20)13-6-10(4-5-17-13)7-16-8-11-2-1-3-12(11)9-19/h4-6,11-12,16,19-20H,1-3,7-9H2,(H2,15,18). The Bertz CT molecular complexity index is 464. The number of oxime groups is 1. The van der Waals surface area contributed by atoms with Gasteiger partial charge < -0.3 is 21.4 Å². The first-order chi connectivity index (χ1) is 9.74. The largest absolute Gasteiger partial charge is 0.409 e. The summed E-state index contributed by atoms with van der Waals surface area (Å²) >= 11 is 0. The van der Waals surface area contributed by atoms with Crippen molar-refractivity contribution in [2.45, 2.75) is 25.8 Å². The van der Waals surface area contributed by atoms with Crippen molar-refractivity contribution < 1.29 is 10.3 Å². The number of rotatable bonds is 6. The quantitative estimate of drug-likeness (QED) is 0.265. The minimum atomic E-state index is 0.0167. The number of hydrogen-bond acceptors (Lipinski definition) is 5. The number of aliphatic hydroxyl groups excluding tert-OH is 1. The van der Waals surface area contributed by atoms with Crippen molar-refractivity contribution in [1.82, 2.24) is 10.3 Å². The minimum absolute atomic E-state index is 0.0167. The van der Waals surface area contributed by atoms with Crippen LogP contribution >= 0.6 is 0 Å². The zero-order valence-corrected chi connectivity index (χ0v) is 11.5. The van der Waals surface area contributed by atoms with Gasteiger partial charge in [-0.3, -0.25) is 4.98 Å². The van der Waals surface area contributed by atoms with Crippen molar-refractivity contribution in [2.75, 3.05) is 13.2 Å². The fourth-order valence-electron chi connectivity index (χ4n) is 2.80. The van der Waals surface area contributed by atoms with E-state index in [-0.39, 0.29) is 12.4 Å². The third-order valence-electron chi connectivity index (χ3n) is 3.98. The van der Waals surface area contributed by atoms with Gasteiger partial charge in [0.2, 0.25) is 0 Å². The molecule has 0 aromatic carbocycles. The van der Waals surface area contributed by atoms with Crippen LogP contribution < -0.4 is 11.1 Å². The predicted octanol–water partition coefficient (Wildman–Crippen LogP) is 0.674. The monoisotopic (exact) mass is 278 g/mol. The number of nitrogens with zero attached hydrogens (tertiary/aromatic N) is 2. The molecule has 1 saturated carbocycles. The molecule has 6 heteroatoms. The average molecular weight is 278 g/mol. The lowest BCUT2D eigenvalue weighted by atomic mass is 9.97. The number of aromatic nitrogens is 1. The van der Waals surface area contributed by atoms with Crippen LogP contribution in [0.1, 0.15) is 30.5 Å². The fraction of sp³-hybridized carbons (Fsp3) is 0.571. The summed E-state index contributed by atoms with van der Waals surface area (Å²) < 4.78 is 0. The maximum absolute atomic E-state index is 9.29. The Kier molecular flexibility index (Phi) is 5.31. The molecule has 0 radical (unpaired) electrons. The fourth-order valence-corrected chi connectivity index (χ4v) is 2.80. The molecule has 1 aliphatic carbocycles. The second kappa shape index (κ2) is 7.21. The first-order valence-corrected chi connectivity index (χ1v) is 6.99. The van der Waals surface area contributed by atoms with E-state index in [0.29, 0.717) is 24.1 Å². The maximum atomic E-state index is 9.29. The van der Waals surface area contributed by atoms with Crippen molar-refractivity contribution in [3.63, 3.8) is 0 Å². The molecular weight excluding hydrogens is 256 g/mol. The van der Waals surface area contributed by atoms with Gasteiger partial charge in [-0.25, -0.2) is 0 Å². The summed E-state index contributed by atoms with van der Waals surface area (Å²) in [6.45, 7) is 1.91. The van der Waals surface area contributed by atoms with Crippen molar-refractivity contribution in [1.29, 1.82) is 0 Å². The topological polar surface area (TPSA) is 104 Å². The van der Waals surface area contributed by atoms with Gasteiger partial charge in [-0.1, -0.05) is 11.6 Å². The molecule has 1 aromatic rings. The molecule has 6 nitrogen and oxygen atoms in total. The molecule has 0 aliphatic heterocycles. The molecule has 2 atom stereocenters. The molecule has 110 valence electrons. The summed E-state index contributed by atoms with van der Waals surface area (Å²) in [5, 5.41) is 24.3. The van der Waals surface area contributed by atoms with Gasteiger partial charge in [0.05, 0.1) is 0 Å². The van der Waals surface area contributed by atoms with Gasteiger partial charge in [0, 0.05) is 19.3 Å². The summed E-state index contributed by atoms with van der Waals surface area (Å²) in [6.07, 6.45) is 5.17. The van der Waals surface area contributed by atoms with Crippen molar-refractivity contribution in [2.24, 2.45) is 22.7 Å². The molecule has 2 unspecified atom stereocenters. The summed E-state index contributed by atoms with van der Waals surface area (Å²) in [5.74, 6) is 1.01. The Labute approximate surface area is 118 Å². The van der Waals surface area contributed by atoms with E-state index in [1.165, 1.54) is 12.8 Å². The highest BCUT2D eigenvalue weighted by Gasteiger charge is 2.25. The van der Waals surface area contributed by atoms with Gasteiger partial charge in [0.15, 0.2) is 5.84 Å². The molecule has 0 amide bonds. The summed E-state index contributed by atoms with van der Waals surface area (Å²) in [6, 6.07) is 3.71. The molecule has 1 heterocycles. The van der Waals surface area contributed by atoms with Crippen LogP contribution in [0.25, 0.3) is 0 Å². The molecule has 0 bridgehead atoms. The Hall–Kier alpha value is -1.66. The normalized spacial score (nSPS) is 23.1. The van der Waals surface area contributed by atoms with E-state index in [4.69, 9.17) is 10.9 Å². The lowest BCUT2D eigenvalue weighted by Gasteiger charge is -2.17. The number of pyridine rings is 1. The van der Waals surface area contributed by atoms with Crippen molar-refractivity contribution in [3.8, 4) is 0 Å². The van der Waals surface area contributed by atoms with E-state index in [9.17, 15) is 5.11 Å². The summed E-state index contributed by atoms with van der Waals surface area (Å²) in [4.78, 5) is 4.04. The molecule has 2 rings (SSSR count). The molecule has 1 fully saturated rings. The minimum Gasteiger partial charge on any atom is -0.409 e. The molecule has 20 heavy (non-hydrogen) atoms. The van der Waals surface area contributed by atoms with Gasteiger partial charge in [-0.05, 0) is 48.9 Å².